The Kier molecular flexibility index (Phi) is 6.06. The van der Waals surface area contributed by atoms with Crippen LogP contribution in [-0.4, -0.2) is 33.4 Å². The molecule has 0 bridgehead atoms. The van der Waals surface area contributed by atoms with Gasteiger partial charge in [-0.15, -0.1) is 0 Å². The van der Waals surface area contributed by atoms with E-state index >= 15 is 0 Å². The Morgan fingerprint density at radius 1 is 1.16 bits per heavy atom. The molecule has 0 saturated heterocycles. The normalized spacial score (nSPS) is 10.7. The Balaban J connectivity index is 1.55. The van der Waals surface area contributed by atoms with Crippen molar-refractivity contribution in [3.63, 3.8) is 0 Å². The molecule has 0 atom stereocenters. The van der Waals surface area contributed by atoms with Crippen molar-refractivity contribution in [1.29, 1.82) is 0 Å². The van der Waals surface area contributed by atoms with E-state index in [0.717, 1.165) is 6.20 Å². The highest BCUT2D eigenvalue weighted by Crippen LogP contribution is 2.30. The number of nitrogens with one attached hydrogen (secondary N) is 1. The number of hydrogen-bond acceptors (Lipinski definition) is 8. The summed E-state index contributed by atoms with van der Waals surface area (Å²) in [6.45, 7) is -0.593. The highest BCUT2D eigenvalue weighted by Gasteiger charge is 2.18. The van der Waals surface area contributed by atoms with Crippen LogP contribution in [0.4, 0.5) is 10.1 Å². The lowest BCUT2D eigenvalue weighted by Crippen LogP contribution is -2.21. The van der Waals surface area contributed by atoms with Gasteiger partial charge in [0.1, 0.15) is 6.20 Å². The quantitative estimate of drug-likeness (QED) is 0.246. The van der Waals surface area contributed by atoms with Gasteiger partial charge in [0.2, 0.25) is 0 Å². The second-order valence-electron chi connectivity index (χ2n) is 6.44. The zero-order valence-electron chi connectivity index (χ0n) is 16.1. The summed E-state index contributed by atoms with van der Waals surface area (Å²) in [7, 11) is 0. The minimum Gasteiger partial charge on any atom is -0.452 e. The number of rotatable bonds is 6. The molecular formula is C21H13ClN4O5S. The van der Waals surface area contributed by atoms with Crippen molar-refractivity contribution in [2.45, 2.75) is 0 Å². The number of anilines is 1. The molecule has 0 radical (unpaired) electrons. The van der Waals surface area contributed by atoms with Crippen LogP contribution in [-0.2, 0) is 9.53 Å². The molecule has 0 unspecified atom stereocenters. The first-order valence-corrected chi connectivity index (χ1v) is 10.3. The lowest BCUT2D eigenvalue weighted by Gasteiger charge is -2.11. The number of benzene rings is 2. The number of carbonyl (C=O) groups excluding carboxylic acids is 2. The predicted octanol–water partition coefficient (Wildman–Crippen LogP) is 4.72. The number of nitro groups is 1. The maximum Gasteiger partial charge on any atom is 0.345 e. The summed E-state index contributed by atoms with van der Waals surface area (Å²) in [5, 5.41) is 13.9. The first-order valence-electron chi connectivity index (χ1n) is 9.14. The number of thiazole rings is 1. The van der Waals surface area contributed by atoms with E-state index in [4.69, 9.17) is 16.3 Å². The highest BCUT2D eigenvalue weighted by molar-refractivity contribution is 7.18. The van der Waals surface area contributed by atoms with E-state index in [1.165, 1.54) is 0 Å². The molecule has 2 heterocycles. The van der Waals surface area contributed by atoms with Crippen LogP contribution in [0.1, 0.15) is 10.4 Å². The lowest BCUT2D eigenvalue weighted by atomic mass is 10.0. The van der Waals surface area contributed by atoms with E-state index in [0.29, 0.717) is 38.5 Å². The molecule has 9 nitrogen and oxygen atoms in total. The van der Waals surface area contributed by atoms with Gasteiger partial charge >= 0.3 is 11.0 Å². The van der Waals surface area contributed by atoms with Crippen LogP contribution in [0, 0.1) is 10.1 Å². The van der Waals surface area contributed by atoms with Gasteiger partial charge in [0.05, 0.1) is 21.7 Å². The van der Waals surface area contributed by atoms with E-state index in [2.05, 4.69) is 15.3 Å². The first-order chi connectivity index (χ1) is 15.4. The van der Waals surface area contributed by atoms with Crippen molar-refractivity contribution in [2.75, 3.05) is 11.9 Å². The standard InChI is InChI=1S/C21H13ClN4O5S/c22-15-7-3-1-6-13(15)17-9-14(12-5-2-4-8-16(12)24-17)20(28)31-11-18(27)25-21-23-10-19(32-21)26(29)30/h1-10H,11H2,(H,23,25,27). The third-order valence-corrected chi connectivity index (χ3v) is 5.53. The Labute approximate surface area is 189 Å². The number of carbonyl (C=O) groups is 2. The molecule has 11 heteroatoms. The Bertz CT molecular complexity index is 1360. The minimum atomic E-state index is -0.725. The molecular weight excluding hydrogens is 456 g/mol. The summed E-state index contributed by atoms with van der Waals surface area (Å²) in [5.74, 6) is -1.40. The van der Waals surface area contributed by atoms with Crippen LogP contribution >= 0.6 is 22.9 Å². The number of aromatic nitrogens is 2. The monoisotopic (exact) mass is 468 g/mol. The van der Waals surface area contributed by atoms with Crippen molar-refractivity contribution in [3.05, 3.63) is 81.5 Å². The van der Waals surface area contributed by atoms with Crippen LogP contribution in [0.2, 0.25) is 5.02 Å². The molecule has 2 aromatic heterocycles. The van der Waals surface area contributed by atoms with Gasteiger partial charge in [-0.2, -0.15) is 0 Å². The number of hydrogen-bond donors (Lipinski definition) is 1. The van der Waals surface area contributed by atoms with Crippen LogP contribution < -0.4 is 5.32 Å². The second kappa shape index (κ2) is 9.08. The van der Waals surface area contributed by atoms with E-state index in [-0.39, 0.29) is 15.7 Å². The summed E-state index contributed by atoms with van der Waals surface area (Å²) in [6.07, 6.45) is 1.03. The largest absolute Gasteiger partial charge is 0.452 e. The van der Waals surface area contributed by atoms with Gasteiger partial charge in [0.15, 0.2) is 11.7 Å². The zero-order valence-corrected chi connectivity index (χ0v) is 17.7. The van der Waals surface area contributed by atoms with Gasteiger partial charge in [0, 0.05) is 16.0 Å². The number of halogens is 1. The average molecular weight is 469 g/mol. The average Bonchev–Trinajstić information content (AvgIpc) is 3.26. The molecule has 160 valence electrons. The van der Waals surface area contributed by atoms with Gasteiger partial charge in [0.25, 0.3) is 5.91 Å². The molecule has 4 aromatic rings. The number of fused-ring (bicyclic) bond motifs is 1. The summed E-state index contributed by atoms with van der Waals surface area (Å²) >= 11 is 6.99. The number of amides is 1. The van der Waals surface area contributed by atoms with Crippen LogP contribution in [0.15, 0.2) is 60.8 Å². The Hall–Kier alpha value is -3.89. The van der Waals surface area contributed by atoms with Gasteiger partial charge in [-0.05, 0) is 29.5 Å². The third kappa shape index (κ3) is 4.56. The van der Waals surface area contributed by atoms with Crippen LogP contribution in [0.25, 0.3) is 22.2 Å². The van der Waals surface area contributed by atoms with Crippen molar-refractivity contribution in [2.24, 2.45) is 0 Å². The summed E-state index contributed by atoms with van der Waals surface area (Å²) in [4.78, 5) is 43.3. The smallest absolute Gasteiger partial charge is 0.345 e. The number of pyridine rings is 1. The van der Waals surface area contributed by atoms with E-state index in [1.807, 2.05) is 6.07 Å². The number of para-hydroxylation sites is 1. The molecule has 32 heavy (non-hydrogen) atoms. The van der Waals surface area contributed by atoms with Crippen LogP contribution in [0.5, 0.6) is 0 Å². The Morgan fingerprint density at radius 2 is 1.91 bits per heavy atom. The fraction of sp³-hybridized carbons (Fsp3) is 0.0476. The molecule has 0 fully saturated rings. The summed E-state index contributed by atoms with van der Waals surface area (Å²) < 4.78 is 5.18. The Morgan fingerprint density at radius 3 is 2.66 bits per heavy atom. The molecule has 0 aliphatic heterocycles. The van der Waals surface area contributed by atoms with E-state index in [1.54, 1.807) is 48.5 Å². The molecule has 0 saturated carbocycles. The number of nitrogens with zero attached hydrogens (tertiary/aromatic N) is 3. The van der Waals surface area contributed by atoms with E-state index < -0.39 is 23.4 Å². The maximum atomic E-state index is 12.8. The third-order valence-electron chi connectivity index (χ3n) is 4.34. The molecule has 4 rings (SSSR count). The van der Waals surface area contributed by atoms with Crippen molar-refractivity contribution in [3.8, 4) is 11.3 Å². The molecule has 0 spiro atoms. The predicted molar refractivity (Wildman–Crippen MR) is 120 cm³/mol. The number of esters is 1. The summed E-state index contributed by atoms with van der Waals surface area (Å²) in [6, 6.07) is 15.7. The minimum absolute atomic E-state index is 0.0353. The fourth-order valence-electron chi connectivity index (χ4n) is 2.92. The molecule has 0 aliphatic carbocycles. The van der Waals surface area contributed by atoms with Crippen molar-refractivity contribution >= 4 is 55.8 Å². The van der Waals surface area contributed by atoms with Gasteiger partial charge < -0.3 is 4.74 Å². The first kappa shape index (κ1) is 21.3. The molecule has 0 aliphatic rings. The van der Waals surface area contributed by atoms with Gasteiger partial charge in [-0.25, -0.2) is 14.8 Å². The van der Waals surface area contributed by atoms with Gasteiger partial charge in [-0.1, -0.05) is 48.0 Å². The van der Waals surface area contributed by atoms with Crippen molar-refractivity contribution in [1.82, 2.24) is 9.97 Å². The fourth-order valence-corrected chi connectivity index (χ4v) is 3.80. The van der Waals surface area contributed by atoms with E-state index in [9.17, 15) is 19.7 Å². The highest BCUT2D eigenvalue weighted by atomic mass is 35.5. The SMILES string of the molecule is O=C(COC(=O)c1cc(-c2ccccc2Cl)nc2ccccc12)Nc1ncc([N+](=O)[O-])s1. The lowest BCUT2D eigenvalue weighted by molar-refractivity contribution is -0.380. The van der Waals surface area contributed by atoms with Crippen molar-refractivity contribution < 1.29 is 19.2 Å². The topological polar surface area (TPSA) is 124 Å². The molecule has 1 N–H and O–H groups in total. The zero-order chi connectivity index (χ0) is 22.7. The number of ether oxygens (including phenoxy) is 1. The maximum absolute atomic E-state index is 12.8. The van der Waals surface area contributed by atoms with Crippen LogP contribution in [0.3, 0.4) is 0 Å². The molecule has 2 aromatic carbocycles. The molecule has 1 amide bonds. The second-order valence-corrected chi connectivity index (χ2v) is 7.85. The van der Waals surface area contributed by atoms with Gasteiger partial charge in [-0.3, -0.25) is 20.2 Å². The summed E-state index contributed by atoms with van der Waals surface area (Å²) in [5.41, 5.74) is 1.93.